The Balaban J connectivity index is 1.81. The normalized spacial score (nSPS) is 34.6. The number of rotatable bonds is 2. The molecule has 2 atom stereocenters. The van der Waals surface area contributed by atoms with Gasteiger partial charge in [-0.2, -0.15) is 0 Å². The van der Waals surface area contributed by atoms with Gasteiger partial charge in [0.15, 0.2) is 0 Å². The number of carbonyl (C=O) groups excluding carboxylic acids is 1. The zero-order chi connectivity index (χ0) is 9.10. The molecule has 2 heterocycles. The minimum atomic E-state index is 0.262. The minimum absolute atomic E-state index is 0.262. The van der Waals surface area contributed by atoms with Gasteiger partial charge in [0.25, 0.3) is 0 Å². The summed E-state index contributed by atoms with van der Waals surface area (Å²) in [6.45, 7) is 2.62. The van der Waals surface area contributed by atoms with Crippen molar-refractivity contribution in [3.63, 3.8) is 0 Å². The monoisotopic (exact) mass is 183 g/mol. The van der Waals surface area contributed by atoms with Crippen LogP contribution in [0.25, 0.3) is 0 Å². The van der Waals surface area contributed by atoms with Crippen molar-refractivity contribution < 1.29 is 9.53 Å². The Morgan fingerprint density at radius 3 is 3.08 bits per heavy atom. The predicted molar refractivity (Wildman–Crippen MR) is 49.3 cm³/mol. The fourth-order valence-electron chi connectivity index (χ4n) is 2.23. The molecular formula is C10H17NO2. The van der Waals surface area contributed by atoms with Crippen LogP contribution in [0.2, 0.25) is 0 Å². The van der Waals surface area contributed by atoms with Crippen LogP contribution in [-0.2, 0) is 9.53 Å². The van der Waals surface area contributed by atoms with Gasteiger partial charge >= 0.3 is 0 Å². The van der Waals surface area contributed by atoms with Crippen molar-refractivity contribution >= 4 is 5.91 Å². The third-order valence-electron chi connectivity index (χ3n) is 3.04. The Morgan fingerprint density at radius 1 is 1.46 bits per heavy atom. The molecule has 2 saturated heterocycles. The number of amides is 1. The molecule has 3 nitrogen and oxygen atoms in total. The van der Waals surface area contributed by atoms with Crippen LogP contribution in [0.1, 0.15) is 25.7 Å². The average Bonchev–Trinajstić information content (AvgIpc) is 2.61. The number of piperidine rings is 1. The van der Waals surface area contributed by atoms with Crippen LogP contribution in [0.4, 0.5) is 0 Å². The summed E-state index contributed by atoms with van der Waals surface area (Å²) in [6.07, 6.45) is 4.39. The molecule has 0 aromatic heterocycles. The molecule has 74 valence electrons. The molecule has 0 aromatic carbocycles. The lowest BCUT2D eigenvalue weighted by atomic mass is 9.88. The maximum absolute atomic E-state index is 11.4. The summed E-state index contributed by atoms with van der Waals surface area (Å²) in [5.74, 6) is 1.16. The van der Waals surface area contributed by atoms with E-state index in [-0.39, 0.29) is 11.8 Å². The van der Waals surface area contributed by atoms with Crippen molar-refractivity contribution in [3.8, 4) is 0 Å². The van der Waals surface area contributed by atoms with Crippen molar-refractivity contribution in [1.82, 2.24) is 5.32 Å². The minimum Gasteiger partial charge on any atom is -0.381 e. The van der Waals surface area contributed by atoms with Gasteiger partial charge in [0.2, 0.25) is 5.91 Å². The molecule has 2 unspecified atom stereocenters. The second-order valence-corrected chi connectivity index (χ2v) is 4.10. The highest BCUT2D eigenvalue weighted by Gasteiger charge is 2.27. The van der Waals surface area contributed by atoms with Crippen LogP contribution in [0, 0.1) is 11.8 Å². The first kappa shape index (κ1) is 9.00. The molecule has 0 aliphatic carbocycles. The van der Waals surface area contributed by atoms with E-state index in [0.717, 1.165) is 45.4 Å². The van der Waals surface area contributed by atoms with Gasteiger partial charge < -0.3 is 10.1 Å². The number of hydrogen-bond acceptors (Lipinski definition) is 2. The van der Waals surface area contributed by atoms with Crippen LogP contribution in [0.5, 0.6) is 0 Å². The fourth-order valence-corrected chi connectivity index (χ4v) is 2.23. The maximum Gasteiger partial charge on any atom is 0.223 e. The average molecular weight is 183 g/mol. The van der Waals surface area contributed by atoms with Crippen LogP contribution in [-0.4, -0.2) is 25.7 Å². The van der Waals surface area contributed by atoms with E-state index in [0.29, 0.717) is 5.92 Å². The van der Waals surface area contributed by atoms with Crippen LogP contribution in [0.3, 0.4) is 0 Å². The highest BCUT2D eigenvalue weighted by molar-refractivity contribution is 5.79. The van der Waals surface area contributed by atoms with Gasteiger partial charge in [-0.05, 0) is 31.6 Å². The summed E-state index contributed by atoms with van der Waals surface area (Å²) in [6, 6.07) is 0. The molecule has 2 rings (SSSR count). The summed E-state index contributed by atoms with van der Waals surface area (Å²) in [4.78, 5) is 11.4. The molecule has 2 fully saturated rings. The maximum atomic E-state index is 11.4. The second-order valence-electron chi connectivity index (χ2n) is 4.10. The summed E-state index contributed by atoms with van der Waals surface area (Å²) >= 11 is 0. The number of hydrogen-bond donors (Lipinski definition) is 1. The second kappa shape index (κ2) is 4.09. The van der Waals surface area contributed by atoms with E-state index >= 15 is 0 Å². The molecule has 2 aliphatic heterocycles. The van der Waals surface area contributed by atoms with Gasteiger partial charge in [0.05, 0.1) is 0 Å². The molecule has 0 saturated carbocycles. The highest BCUT2D eigenvalue weighted by Crippen LogP contribution is 2.25. The van der Waals surface area contributed by atoms with Gasteiger partial charge in [0.1, 0.15) is 0 Å². The van der Waals surface area contributed by atoms with Gasteiger partial charge in [-0.25, -0.2) is 0 Å². The molecule has 0 spiro atoms. The van der Waals surface area contributed by atoms with Crippen molar-refractivity contribution in [2.24, 2.45) is 11.8 Å². The largest absolute Gasteiger partial charge is 0.381 e. The summed E-state index contributed by atoms with van der Waals surface area (Å²) in [5.41, 5.74) is 0. The Morgan fingerprint density at radius 2 is 2.38 bits per heavy atom. The quantitative estimate of drug-likeness (QED) is 0.692. The molecule has 13 heavy (non-hydrogen) atoms. The third-order valence-corrected chi connectivity index (χ3v) is 3.04. The van der Waals surface area contributed by atoms with Gasteiger partial charge in [-0.3, -0.25) is 4.79 Å². The Bertz CT molecular complexity index is 187. The lowest BCUT2D eigenvalue weighted by Gasteiger charge is -2.23. The van der Waals surface area contributed by atoms with E-state index in [1.807, 2.05) is 0 Å². The van der Waals surface area contributed by atoms with Crippen molar-refractivity contribution in [3.05, 3.63) is 0 Å². The van der Waals surface area contributed by atoms with Crippen molar-refractivity contribution in [1.29, 1.82) is 0 Å². The van der Waals surface area contributed by atoms with Crippen LogP contribution >= 0.6 is 0 Å². The van der Waals surface area contributed by atoms with E-state index < -0.39 is 0 Å². The number of nitrogens with one attached hydrogen (secondary N) is 1. The lowest BCUT2D eigenvalue weighted by molar-refractivity contribution is -0.127. The first-order chi connectivity index (χ1) is 6.36. The van der Waals surface area contributed by atoms with Crippen LogP contribution in [0.15, 0.2) is 0 Å². The highest BCUT2D eigenvalue weighted by atomic mass is 16.5. The first-order valence-corrected chi connectivity index (χ1v) is 5.21. The van der Waals surface area contributed by atoms with Crippen LogP contribution < -0.4 is 5.32 Å². The lowest BCUT2D eigenvalue weighted by Crippen LogP contribution is -2.37. The summed E-state index contributed by atoms with van der Waals surface area (Å²) in [5, 5.41) is 2.93. The standard InChI is InChI=1S/C10H17NO2/c12-10-9(2-1-4-11-10)6-8-3-5-13-7-8/h8-9H,1-7H2,(H,11,12). The smallest absolute Gasteiger partial charge is 0.223 e. The Hall–Kier alpha value is -0.570. The van der Waals surface area contributed by atoms with E-state index in [1.165, 1.54) is 0 Å². The summed E-state index contributed by atoms with van der Waals surface area (Å²) < 4.78 is 5.30. The molecular weight excluding hydrogens is 166 g/mol. The van der Waals surface area contributed by atoms with Gasteiger partial charge in [-0.15, -0.1) is 0 Å². The molecule has 1 N–H and O–H groups in total. The number of carbonyl (C=O) groups is 1. The Labute approximate surface area is 78.8 Å². The molecule has 3 heteroatoms. The van der Waals surface area contributed by atoms with E-state index in [4.69, 9.17) is 4.74 Å². The number of ether oxygens (including phenoxy) is 1. The third kappa shape index (κ3) is 2.21. The molecule has 1 amide bonds. The molecule has 0 aromatic rings. The first-order valence-electron chi connectivity index (χ1n) is 5.21. The Kier molecular flexibility index (Phi) is 2.83. The molecule has 0 radical (unpaired) electrons. The molecule has 2 aliphatic rings. The van der Waals surface area contributed by atoms with E-state index in [9.17, 15) is 4.79 Å². The molecule has 0 bridgehead atoms. The van der Waals surface area contributed by atoms with Crippen molar-refractivity contribution in [2.75, 3.05) is 19.8 Å². The predicted octanol–water partition coefficient (Wildman–Crippen LogP) is 0.939. The topological polar surface area (TPSA) is 38.3 Å². The fraction of sp³-hybridized carbons (Fsp3) is 0.900. The van der Waals surface area contributed by atoms with Gasteiger partial charge in [0, 0.05) is 25.7 Å². The van der Waals surface area contributed by atoms with E-state index in [2.05, 4.69) is 5.32 Å². The van der Waals surface area contributed by atoms with Gasteiger partial charge in [-0.1, -0.05) is 0 Å². The SMILES string of the molecule is O=C1NCCCC1CC1CCOC1. The zero-order valence-electron chi connectivity index (χ0n) is 7.92. The zero-order valence-corrected chi connectivity index (χ0v) is 7.92. The summed E-state index contributed by atoms with van der Waals surface area (Å²) in [7, 11) is 0. The van der Waals surface area contributed by atoms with E-state index in [1.54, 1.807) is 0 Å². The van der Waals surface area contributed by atoms with Crippen molar-refractivity contribution in [2.45, 2.75) is 25.7 Å².